The first-order chi connectivity index (χ1) is 10.4. The molecule has 107 valence electrons. The van der Waals surface area contributed by atoms with Crippen LogP contribution in [0.15, 0.2) is 64.8 Å². The molecule has 4 heteroatoms. The zero-order valence-corrected chi connectivity index (χ0v) is 14.5. The molecule has 0 spiro atoms. The first-order valence-corrected chi connectivity index (χ1v) is 7.59. The Hall–Kier alpha value is -1.74. The van der Waals surface area contributed by atoms with Crippen LogP contribution in [0.3, 0.4) is 0 Å². The van der Waals surface area contributed by atoms with Crippen LogP contribution < -0.4 is 0 Å². The Bertz CT molecular complexity index is 1030. The summed E-state index contributed by atoms with van der Waals surface area (Å²) in [6.07, 6.45) is 3.67. The van der Waals surface area contributed by atoms with E-state index in [2.05, 4.69) is 52.4 Å². The second-order valence-electron chi connectivity index (χ2n) is 5.05. The van der Waals surface area contributed by atoms with Gasteiger partial charge < -0.3 is 9.97 Å². The Labute approximate surface area is 145 Å². The summed E-state index contributed by atoms with van der Waals surface area (Å²) in [6.45, 7) is 0. The molecule has 0 aliphatic carbocycles. The Morgan fingerprint density at radius 1 is 0.955 bits per heavy atom. The molecule has 3 heterocycles. The monoisotopic (exact) mass is 478 g/mol. The molecule has 4 aromatic rings. The molecular weight excluding hydrogens is 468 g/mol. The number of fused-ring (bicyclic) bond motifs is 4. The third kappa shape index (κ3) is 1.85. The molecule has 0 unspecified atom stereocenters. The minimum Gasteiger partial charge on any atom is -0.345 e. The Morgan fingerprint density at radius 2 is 1.86 bits per heavy atom. The van der Waals surface area contributed by atoms with Gasteiger partial charge >= 0.3 is 0 Å². The molecule has 1 radical (unpaired) electrons. The van der Waals surface area contributed by atoms with Crippen molar-refractivity contribution < 1.29 is 20.1 Å². The van der Waals surface area contributed by atoms with Gasteiger partial charge in [-0.15, -0.1) is 23.9 Å². The van der Waals surface area contributed by atoms with E-state index in [1.807, 2.05) is 12.3 Å². The van der Waals surface area contributed by atoms with E-state index in [9.17, 15) is 0 Å². The van der Waals surface area contributed by atoms with E-state index in [0.29, 0.717) is 0 Å². The minimum atomic E-state index is 0. The van der Waals surface area contributed by atoms with Crippen molar-refractivity contribution in [3.05, 3.63) is 60.9 Å². The van der Waals surface area contributed by atoms with Gasteiger partial charge in [0.15, 0.2) is 0 Å². The van der Waals surface area contributed by atoms with Crippen molar-refractivity contribution in [3.63, 3.8) is 0 Å². The quantitative estimate of drug-likeness (QED) is 0.239. The minimum absolute atomic E-state index is 0. The molecule has 0 N–H and O–H groups in total. The number of benzene rings is 2. The summed E-state index contributed by atoms with van der Waals surface area (Å²) >= 11 is 1.71. The van der Waals surface area contributed by atoms with Crippen molar-refractivity contribution in [3.8, 4) is 11.3 Å². The van der Waals surface area contributed by atoms with Crippen LogP contribution in [0, 0.1) is 6.07 Å². The maximum Gasteiger partial charge on any atom is 0.0167 e. The van der Waals surface area contributed by atoms with Gasteiger partial charge in [0.05, 0.1) is 0 Å². The molecule has 0 saturated heterocycles. The van der Waals surface area contributed by atoms with E-state index in [1.165, 1.54) is 26.4 Å². The van der Waals surface area contributed by atoms with Crippen molar-refractivity contribution in [2.45, 2.75) is 9.92 Å². The fraction of sp³-hybridized carbons (Fsp3) is 0. The van der Waals surface area contributed by atoms with Gasteiger partial charge in [0.1, 0.15) is 0 Å². The third-order valence-corrected chi connectivity index (χ3v) is 4.93. The number of pyridine rings is 2. The molecule has 2 aromatic carbocycles. The maximum absolute atomic E-state index is 4.60. The summed E-state index contributed by atoms with van der Waals surface area (Å²) in [5.74, 6) is 0. The Balaban J connectivity index is 0.00000125. The smallest absolute Gasteiger partial charge is 0.0167 e. The number of hydrogen-bond acceptors (Lipinski definition) is 3. The van der Waals surface area contributed by atoms with Crippen LogP contribution in [0.4, 0.5) is 0 Å². The zero-order valence-electron chi connectivity index (χ0n) is 11.3. The zero-order chi connectivity index (χ0) is 13.8. The summed E-state index contributed by atoms with van der Waals surface area (Å²) in [5.41, 5.74) is 2.01. The van der Waals surface area contributed by atoms with Crippen LogP contribution in [0.25, 0.3) is 32.8 Å². The first kappa shape index (κ1) is 13.9. The number of hydrogen-bond donors (Lipinski definition) is 0. The van der Waals surface area contributed by atoms with Crippen LogP contribution in [0.1, 0.15) is 0 Å². The maximum atomic E-state index is 4.60. The van der Waals surface area contributed by atoms with E-state index < -0.39 is 0 Å². The summed E-state index contributed by atoms with van der Waals surface area (Å²) in [4.78, 5) is 10.3. The molecule has 0 atom stereocenters. The predicted octanol–water partition coefficient (Wildman–Crippen LogP) is 4.71. The number of nitrogens with zero attached hydrogens (tertiary/aromatic N) is 2. The van der Waals surface area contributed by atoms with Crippen LogP contribution in [0.5, 0.6) is 0 Å². The van der Waals surface area contributed by atoms with Gasteiger partial charge in [-0.2, -0.15) is 0 Å². The van der Waals surface area contributed by atoms with Gasteiger partial charge in [-0.3, -0.25) is 0 Å². The van der Waals surface area contributed by atoms with Gasteiger partial charge in [-0.05, 0) is 39.4 Å². The standard InChI is InChI=1S/C18H9N2S.Ir/c1-2-5-12-11(4-1)10-15-16-13(12)7-9-19-17(16)14-6-3-8-20-18(14)21-15;/h1-5,7-10H;/q-1;. The van der Waals surface area contributed by atoms with E-state index >= 15 is 0 Å². The summed E-state index contributed by atoms with van der Waals surface area (Å²) in [6, 6.07) is 18.0. The van der Waals surface area contributed by atoms with E-state index in [-0.39, 0.29) is 20.1 Å². The van der Waals surface area contributed by atoms with Crippen molar-refractivity contribution >= 4 is 33.3 Å². The van der Waals surface area contributed by atoms with E-state index in [1.54, 1.807) is 18.0 Å². The average Bonchev–Trinajstić information content (AvgIpc) is 2.55. The summed E-state index contributed by atoms with van der Waals surface area (Å²) < 4.78 is 0. The van der Waals surface area contributed by atoms with Gasteiger partial charge in [-0.1, -0.05) is 36.0 Å². The van der Waals surface area contributed by atoms with Crippen molar-refractivity contribution in [2.24, 2.45) is 0 Å². The van der Waals surface area contributed by atoms with Crippen molar-refractivity contribution in [1.82, 2.24) is 9.97 Å². The second kappa shape index (κ2) is 5.16. The molecule has 2 nitrogen and oxygen atoms in total. The summed E-state index contributed by atoms with van der Waals surface area (Å²) in [7, 11) is 0. The third-order valence-electron chi connectivity index (χ3n) is 3.89. The molecule has 0 bridgehead atoms. The predicted molar refractivity (Wildman–Crippen MR) is 85.4 cm³/mol. The molecule has 1 aliphatic rings. The fourth-order valence-electron chi connectivity index (χ4n) is 2.99. The molecule has 0 saturated carbocycles. The normalized spacial score (nSPS) is 12.0. The van der Waals surface area contributed by atoms with Gasteiger partial charge in [0.2, 0.25) is 0 Å². The fourth-order valence-corrected chi connectivity index (χ4v) is 4.06. The average molecular weight is 478 g/mol. The van der Waals surface area contributed by atoms with Crippen LogP contribution in [0.2, 0.25) is 0 Å². The Kier molecular flexibility index (Phi) is 3.26. The molecule has 5 rings (SSSR count). The van der Waals surface area contributed by atoms with Gasteiger partial charge in [-0.25, -0.2) is 0 Å². The molecule has 22 heavy (non-hydrogen) atoms. The number of aromatic nitrogens is 2. The molecular formula is C18H9IrN2S-. The van der Waals surface area contributed by atoms with Crippen LogP contribution in [-0.4, -0.2) is 9.97 Å². The van der Waals surface area contributed by atoms with Crippen LogP contribution in [-0.2, 0) is 20.1 Å². The van der Waals surface area contributed by atoms with E-state index in [0.717, 1.165) is 16.3 Å². The first-order valence-electron chi connectivity index (χ1n) is 6.77. The molecule has 1 aliphatic heterocycles. The van der Waals surface area contributed by atoms with Gasteiger partial charge in [0, 0.05) is 36.2 Å². The van der Waals surface area contributed by atoms with Crippen molar-refractivity contribution in [1.29, 1.82) is 0 Å². The van der Waals surface area contributed by atoms with Gasteiger partial charge in [0.25, 0.3) is 0 Å². The largest absolute Gasteiger partial charge is 0.345 e. The molecule has 0 amide bonds. The number of rotatable bonds is 0. The van der Waals surface area contributed by atoms with Crippen molar-refractivity contribution in [2.75, 3.05) is 0 Å². The molecule has 2 aromatic heterocycles. The Morgan fingerprint density at radius 3 is 2.82 bits per heavy atom. The second-order valence-corrected chi connectivity index (χ2v) is 6.08. The van der Waals surface area contributed by atoms with E-state index in [4.69, 9.17) is 0 Å². The topological polar surface area (TPSA) is 25.8 Å². The van der Waals surface area contributed by atoms with Crippen LogP contribution >= 0.6 is 11.8 Å². The summed E-state index contributed by atoms with van der Waals surface area (Å²) in [5, 5.41) is 5.99. The molecule has 0 fully saturated rings. The SMILES string of the molecule is [Ir].[c-]1ccnc2c1-c1nccc3c1c(cc1ccccc13)S2.